The first-order chi connectivity index (χ1) is 18.0. The average molecular weight is 587 g/mol. The fourth-order valence-corrected chi connectivity index (χ4v) is 6.67. The van der Waals surface area contributed by atoms with Gasteiger partial charge in [-0.1, -0.05) is 12.1 Å². The van der Waals surface area contributed by atoms with Crippen molar-refractivity contribution in [2.24, 2.45) is 11.8 Å². The Bertz CT molecular complexity index is 1130. The van der Waals surface area contributed by atoms with Gasteiger partial charge in [-0.15, -0.1) is 0 Å². The van der Waals surface area contributed by atoms with Crippen LogP contribution >= 0.6 is 0 Å². The molecule has 3 aliphatic heterocycles. The van der Waals surface area contributed by atoms with Gasteiger partial charge in [-0.2, -0.15) is 26.3 Å². The molecule has 3 heterocycles. The monoisotopic (exact) mass is 586 g/mol. The predicted molar refractivity (Wildman–Crippen MR) is 131 cm³/mol. The molecule has 3 fully saturated rings. The molecule has 3 saturated heterocycles. The Kier molecular flexibility index (Phi) is 8.35. The zero-order valence-electron chi connectivity index (χ0n) is 21.6. The molecule has 39 heavy (non-hydrogen) atoms. The topological polar surface area (TPSA) is 82.2 Å². The van der Waals surface area contributed by atoms with Crippen LogP contribution in [0, 0.1) is 18.8 Å². The molecule has 2 unspecified atom stereocenters. The summed E-state index contributed by atoms with van der Waals surface area (Å²) < 4.78 is 106. The average Bonchev–Trinajstić information content (AvgIpc) is 3.36. The van der Waals surface area contributed by atoms with E-state index in [2.05, 4.69) is 19.3 Å². The van der Waals surface area contributed by atoms with Gasteiger partial charge in [-0.05, 0) is 48.8 Å². The maximum Gasteiger partial charge on any atom is 0.434 e. The number of halogens is 6. The summed E-state index contributed by atoms with van der Waals surface area (Å²) in [5, 5.41) is 0. The van der Waals surface area contributed by atoms with Gasteiger partial charge in [0.05, 0.1) is 6.26 Å². The van der Waals surface area contributed by atoms with Crippen LogP contribution in [0.25, 0.3) is 0 Å². The summed E-state index contributed by atoms with van der Waals surface area (Å²) in [5.74, 6) is -0.143. The van der Waals surface area contributed by atoms with Crippen molar-refractivity contribution in [2.45, 2.75) is 50.8 Å². The lowest BCUT2D eigenvalue weighted by molar-refractivity contribution is -0.308. The summed E-state index contributed by atoms with van der Waals surface area (Å²) in [6.07, 6.45) is -14.7. The molecule has 15 heteroatoms. The number of amides is 1. The Labute approximate surface area is 223 Å². The molecular formula is C24H32F6N4O4S. The Balaban J connectivity index is 1.31. The van der Waals surface area contributed by atoms with Crippen molar-refractivity contribution in [3.05, 3.63) is 29.3 Å². The highest BCUT2D eigenvalue weighted by Gasteiger charge is 2.60. The van der Waals surface area contributed by atoms with E-state index in [0.29, 0.717) is 45.6 Å². The van der Waals surface area contributed by atoms with Crippen LogP contribution in [0.3, 0.4) is 0 Å². The van der Waals surface area contributed by atoms with Crippen molar-refractivity contribution in [1.29, 1.82) is 0 Å². The lowest BCUT2D eigenvalue weighted by Crippen LogP contribution is -2.48. The van der Waals surface area contributed by atoms with Crippen LogP contribution in [0.4, 0.5) is 36.8 Å². The van der Waals surface area contributed by atoms with Crippen LogP contribution in [0.15, 0.2) is 18.2 Å². The molecule has 0 aromatic heterocycles. The summed E-state index contributed by atoms with van der Waals surface area (Å²) in [6.45, 7) is 5.26. The number of rotatable bonds is 6. The second-order valence-electron chi connectivity index (χ2n) is 10.7. The molecule has 0 radical (unpaired) electrons. The van der Waals surface area contributed by atoms with E-state index in [4.69, 9.17) is 0 Å². The molecule has 8 nitrogen and oxygen atoms in total. The van der Waals surface area contributed by atoms with Gasteiger partial charge < -0.3 is 14.5 Å². The minimum atomic E-state index is -5.74. The number of hydrogen-bond donors (Lipinski definition) is 1. The van der Waals surface area contributed by atoms with Gasteiger partial charge in [0.1, 0.15) is 0 Å². The molecule has 0 saturated carbocycles. The Morgan fingerprint density at radius 2 is 1.59 bits per heavy atom. The molecule has 1 N–H and O–H groups in total. The minimum absolute atomic E-state index is 0.0396. The smallest absolute Gasteiger partial charge is 0.426 e. The first-order valence-electron chi connectivity index (χ1n) is 12.6. The zero-order chi connectivity index (χ0) is 28.8. The summed E-state index contributed by atoms with van der Waals surface area (Å²) >= 11 is 0. The van der Waals surface area contributed by atoms with E-state index >= 15 is 0 Å². The van der Waals surface area contributed by atoms with Crippen molar-refractivity contribution >= 4 is 21.8 Å². The first kappa shape index (κ1) is 29.7. The predicted octanol–water partition coefficient (Wildman–Crippen LogP) is 3.51. The molecule has 1 amide bonds. The number of nitrogens with one attached hydrogen (secondary N) is 1. The van der Waals surface area contributed by atoms with Crippen LogP contribution in [-0.2, 0) is 21.3 Å². The third-order valence-electron chi connectivity index (χ3n) is 7.66. The van der Waals surface area contributed by atoms with Crippen molar-refractivity contribution in [3.63, 3.8) is 0 Å². The van der Waals surface area contributed by atoms with Gasteiger partial charge >= 0.3 is 18.4 Å². The van der Waals surface area contributed by atoms with E-state index in [1.165, 1.54) is 0 Å². The lowest BCUT2D eigenvalue weighted by Gasteiger charge is -2.35. The number of sulfonamides is 1. The number of carbonyl (C=O) groups excluding carboxylic acids is 1. The number of piperidine rings is 1. The molecule has 0 spiro atoms. The molecule has 0 bridgehead atoms. The van der Waals surface area contributed by atoms with Gasteiger partial charge in [0.2, 0.25) is 10.0 Å². The Morgan fingerprint density at radius 3 is 2.10 bits per heavy atom. The number of benzene rings is 1. The Hall–Kier alpha value is -2.26. The second kappa shape index (κ2) is 11.0. The summed E-state index contributed by atoms with van der Waals surface area (Å²) in [5.41, 5.74) is 3.26. The quantitative estimate of drug-likeness (QED) is 0.514. The summed E-state index contributed by atoms with van der Waals surface area (Å²) in [6, 6.07) is 5.92. The SMILES string of the molecule is Cc1c(CN2CC3CN(C(=O)OC(C(F)(F)F)C(F)(F)F)CC3C2)cccc1N1CCC(NS(C)(=O)=O)CC1. The van der Waals surface area contributed by atoms with Crippen molar-refractivity contribution in [1.82, 2.24) is 14.5 Å². The van der Waals surface area contributed by atoms with Crippen molar-refractivity contribution in [3.8, 4) is 0 Å². The van der Waals surface area contributed by atoms with Crippen LogP contribution in [-0.4, -0.2) is 94.3 Å². The van der Waals surface area contributed by atoms with E-state index in [1.807, 2.05) is 25.1 Å². The molecule has 4 rings (SSSR count). The maximum absolute atomic E-state index is 12.8. The van der Waals surface area contributed by atoms with Gasteiger partial charge in [0.25, 0.3) is 6.10 Å². The standard InChI is InChI=1S/C24H32F6N4O4S/c1-15-16(4-3-5-20(15)33-8-6-19(7-9-33)31-39(2,36)37)10-32-11-17-13-34(14-18(17)12-32)22(35)38-21(23(25,26)27)24(28,29)30/h3-5,17-19,21,31H,6-14H2,1-2H3. The number of nitrogens with zero attached hydrogens (tertiary/aromatic N) is 3. The van der Waals surface area contributed by atoms with E-state index in [1.54, 1.807) is 0 Å². The van der Waals surface area contributed by atoms with Crippen molar-refractivity contribution < 1.29 is 44.3 Å². The van der Waals surface area contributed by atoms with E-state index in [9.17, 15) is 39.6 Å². The van der Waals surface area contributed by atoms with E-state index < -0.39 is 34.6 Å². The van der Waals surface area contributed by atoms with Crippen LogP contribution < -0.4 is 9.62 Å². The third-order valence-corrected chi connectivity index (χ3v) is 8.42. The third kappa shape index (κ3) is 7.28. The molecular weight excluding hydrogens is 554 g/mol. The number of carbonyl (C=O) groups is 1. The summed E-state index contributed by atoms with van der Waals surface area (Å²) in [4.78, 5) is 17.5. The van der Waals surface area contributed by atoms with Crippen molar-refractivity contribution in [2.75, 3.05) is 50.4 Å². The molecule has 1 aromatic rings. The number of alkyl halides is 6. The Morgan fingerprint density at radius 1 is 1.03 bits per heavy atom. The largest absolute Gasteiger partial charge is 0.434 e. The van der Waals surface area contributed by atoms with E-state index in [-0.39, 0.29) is 31.0 Å². The molecule has 0 aliphatic carbocycles. The van der Waals surface area contributed by atoms with Crippen LogP contribution in [0.5, 0.6) is 0 Å². The maximum atomic E-state index is 12.8. The number of likely N-dealkylation sites (tertiary alicyclic amines) is 2. The molecule has 220 valence electrons. The molecule has 2 atom stereocenters. The number of fused-ring (bicyclic) bond motifs is 1. The number of hydrogen-bond acceptors (Lipinski definition) is 6. The number of anilines is 1. The fraction of sp³-hybridized carbons (Fsp3) is 0.708. The zero-order valence-corrected chi connectivity index (χ0v) is 22.4. The van der Waals surface area contributed by atoms with Gasteiger partial charge in [0.15, 0.2) is 0 Å². The highest BCUT2D eigenvalue weighted by atomic mass is 32.2. The minimum Gasteiger partial charge on any atom is -0.426 e. The normalized spacial score (nSPS) is 23.5. The number of ether oxygens (including phenoxy) is 1. The molecule has 3 aliphatic rings. The lowest BCUT2D eigenvalue weighted by atomic mass is 10.0. The van der Waals surface area contributed by atoms with E-state index in [0.717, 1.165) is 28.0 Å². The first-order valence-corrected chi connectivity index (χ1v) is 14.5. The highest BCUT2D eigenvalue weighted by Crippen LogP contribution is 2.38. The van der Waals surface area contributed by atoms with Gasteiger partial charge in [-0.25, -0.2) is 17.9 Å². The molecule has 1 aromatic carbocycles. The second-order valence-corrected chi connectivity index (χ2v) is 12.5. The van der Waals surface area contributed by atoms with Gasteiger partial charge in [-0.3, -0.25) is 4.90 Å². The van der Waals surface area contributed by atoms with Crippen LogP contribution in [0.1, 0.15) is 24.0 Å². The fourth-order valence-electron chi connectivity index (χ4n) is 5.83. The highest BCUT2D eigenvalue weighted by molar-refractivity contribution is 7.88. The summed E-state index contributed by atoms with van der Waals surface area (Å²) in [7, 11) is -3.26. The van der Waals surface area contributed by atoms with Crippen LogP contribution in [0.2, 0.25) is 0 Å². The van der Waals surface area contributed by atoms with Gasteiger partial charge in [0, 0.05) is 57.5 Å².